The molecule has 0 bridgehead atoms. The topological polar surface area (TPSA) is 41.1 Å². The first kappa shape index (κ1) is 14.3. The highest BCUT2D eigenvalue weighted by Gasteiger charge is 2.01. The SMILES string of the molecule is Cc1cnc(C)c(NCCc2ccc(N(C)C)cc2)n1. The number of nitrogens with one attached hydrogen (secondary N) is 1. The molecular weight excluding hydrogens is 248 g/mol. The van der Waals surface area contributed by atoms with Gasteiger partial charge in [0.25, 0.3) is 0 Å². The second-order valence-electron chi connectivity index (χ2n) is 5.18. The predicted molar refractivity (Wildman–Crippen MR) is 84.5 cm³/mol. The van der Waals surface area contributed by atoms with E-state index in [1.165, 1.54) is 11.3 Å². The lowest BCUT2D eigenvalue weighted by atomic mass is 10.1. The third kappa shape index (κ3) is 3.70. The average molecular weight is 270 g/mol. The van der Waals surface area contributed by atoms with Gasteiger partial charge in [0.05, 0.1) is 11.4 Å². The molecule has 2 rings (SSSR count). The number of aryl methyl sites for hydroxylation is 2. The summed E-state index contributed by atoms with van der Waals surface area (Å²) in [5.74, 6) is 0.884. The van der Waals surface area contributed by atoms with Crippen molar-refractivity contribution in [3.8, 4) is 0 Å². The zero-order chi connectivity index (χ0) is 14.5. The van der Waals surface area contributed by atoms with Gasteiger partial charge in [0, 0.05) is 32.5 Å². The van der Waals surface area contributed by atoms with Crippen LogP contribution in [0.4, 0.5) is 11.5 Å². The molecule has 0 fully saturated rings. The maximum absolute atomic E-state index is 4.46. The largest absolute Gasteiger partial charge is 0.378 e. The van der Waals surface area contributed by atoms with Crippen molar-refractivity contribution in [1.82, 2.24) is 9.97 Å². The number of nitrogens with zero attached hydrogens (tertiary/aromatic N) is 3. The summed E-state index contributed by atoms with van der Waals surface area (Å²) in [4.78, 5) is 10.9. The molecule has 0 aliphatic rings. The van der Waals surface area contributed by atoms with Gasteiger partial charge in [0.1, 0.15) is 5.82 Å². The summed E-state index contributed by atoms with van der Waals surface area (Å²) in [7, 11) is 4.10. The van der Waals surface area contributed by atoms with Crippen LogP contribution >= 0.6 is 0 Å². The summed E-state index contributed by atoms with van der Waals surface area (Å²) in [5, 5.41) is 3.36. The van der Waals surface area contributed by atoms with E-state index in [4.69, 9.17) is 0 Å². The molecule has 0 saturated carbocycles. The Morgan fingerprint density at radius 1 is 1.10 bits per heavy atom. The minimum Gasteiger partial charge on any atom is -0.378 e. The van der Waals surface area contributed by atoms with E-state index in [9.17, 15) is 0 Å². The van der Waals surface area contributed by atoms with Crippen molar-refractivity contribution in [2.45, 2.75) is 20.3 Å². The zero-order valence-electron chi connectivity index (χ0n) is 12.6. The van der Waals surface area contributed by atoms with Crippen molar-refractivity contribution in [2.24, 2.45) is 0 Å². The maximum Gasteiger partial charge on any atom is 0.147 e. The van der Waals surface area contributed by atoms with Crippen LogP contribution in [0, 0.1) is 13.8 Å². The van der Waals surface area contributed by atoms with Gasteiger partial charge >= 0.3 is 0 Å². The van der Waals surface area contributed by atoms with Gasteiger partial charge in [-0.05, 0) is 38.0 Å². The lowest BCUT2D eigenvalue weighted by molar-refractivity contribution is 0.974. The molecule has 0 aliphatic carbocycles. The monoisotopic (exact) mass is 270 g/mol. The molecule has 0 radical (unpaired) electrons. The second-order valence-corrected chi connectivity index (χ2v) is 5.18. The molecule has 1 aromatic carbocycles. The average Bonchev–Trinajstić information content (AvgIpc) is 2.43. The molecule has 0 atom stereocenters. The summed E-state index contributed by atoms with van der Waals surface area (Å²) in [5.41, 5.74) is 4.43. The quantitative estimate of drug-likeness (QED) is 0.907. The Kier molecular flexibility index (Phi) is 4.56. The molecule has 20 heavy (non-hydrogen) atoms. The predicted octanol–water partition coefficient (Wildman–Crippen LogP) is 2.81. The molecular formula is C16H22N4. The van der Waals surface area contributed by atoms with Crippen LogP contribution < -0.4 is 10.2 Å². The van der Waals surface area contributed by atoms with Crippen LogP contribution in [0.2, 0.25) is 0 Å². The second kappa shape index (κ2) is 6.37. The Hall–Kier alpha value is -2.10. The van der Waals surface area contributed by atoms with E-state index in [0.717, 1.165) is 30.2 Å². The van der Waals surface area contributed by atoms with E-state index < -0.39 is 0 Å². The Labute approximate surface area is 120 Å². The van der Waals surface area contributed by atoms with E-state index in [-0.39, 0.29) is 0 Å². The van der Waals surface area contributed by atoms with E-state index in [1.807, 2.05) is 13.8 Å². The van der Waals surface area contributed by atoms with Crippen LogP contribution in [0.15, 0.2) is 30.5 Å². The fourth-order valence-corrected chi connectivity index (χ4v) is 1.99. The van der Waals surface area contributed by atoms with Crippen molar-refractivity contribution < 1.29 is 0 Å². The van der Waals surface area contributed by atoms with Gasteiger partial charge in [0.2, 0.25) is 0 Å². The Bertz CT molecular complexity index is 561. The summed E-state index contributed by atoms with van der Waals surface area (Å²) in [6.07, 6.45) is 2.77. The standard InChI is InChI=1S/C16H22N4/c1-12-11-18-13(2)16(19-12)17-10-9-14-5-7-15(8-6-14)20(3)4/h5-8,11H,9-10H2,1-4H3,(H,17,19). The van der Waals surface area contributed by atoms with Gasteiger partial charge in [-0.25, -0.2) is 4.98 Å². The molecule has 0 aliphatic heterocycles. The minimum absolute atomic E-state index is 0.861. The molecule has 0 amide bonds. The molecule has 1 aromatic heterocycles. The summed E-state index contributed by atoms with van der Waals surface area (Å²) >= 11 is 0. The van der Waals surface area contributed by atoms with Crippen LogP contribution in [0.1, 0.15) is 17.0 Å². The number of hydrogen-bond donors (Lipinski definition) is 1. The number of benzene rings is 1. The highest BCUT2D eigenvalue weighted by molar-refractivity contribution is 5.46. The molecule has 106 valence electrons. The Morgan fingerprint density at radius 2 is 1.80 bits per heavy atom. The number of anilines is 2. The number of aromatic nitrogens is 2. The van der Waals surface area contributed by atoms with Crippen molar-refractivity contribution in [3.63, 3.8) is 0 Å². The van der Waals surface area contributed by atoms with Gasteiger partial charge in [0.15, 0.2) is 0 Å². The van der Waals surface area contributed by atoms with E-state index >= 15 is 0 Å². The number of rotatable bonds is 5. The normalized spacial score (nSPS) is 10.4. The maximum atomic E-state index is 4.46. The van der Waals surface area contributed by atoms with Crippen LogP contribution in [-0.4, -0.2) is 30.6 Å². The smallest absolute Gasteiger partial charge is 0.147 e. The molecule has 1 heterocycles. The van der Waals surface area contributed by atoms with Crippen molar-refractivity contribution in [1.29, 1.82) is 0 Å². The van der Waals surface area contributed by atoms with E-state index in [1.54, 1.807) is 6.20 Å². The van der Waals surface area contributed by atoms with E-state index in [2.05, 4.69) is 58.5 Å². The van der Waals surface area contributed by atoms with Crippen molar-refractivity contribution in [2.75, 3.05) is 30.9 Å². The molecule has 0 spiro atoms. The first-order valence-electron chi connectivity index (χ1n) is 6.86. The van der Waals surface area contributed by atoms with E-state index in [0.29, 0.717) is 0 Å². The van der Waals surface area contributed by atoms with Crippen LogP contribution in [0.3, 0.4) is 0 Å². The Morgan fingerprint density at radius 3 is 2.45 bits per heavy atom. The highest BCUT2D eigenvalue weighted by atomic mass is 15.1. The molecule has 1 N–H and O–H groups in total. The third-order valence-electron chi connectivity index (χ3n) is 3.23. The minimum atomic E-state index is 0.861. The summed E-state index contributed by atoms with van der Waals surface area (Å²) in [6.45, 7) is 4.79. The van der Waals surface area contributed by atoms with Crippen LogP contribution in [0.25, 0.3) is 0 Å². The van der Waals surface area contributed by atoms with Crippen molar-refractivity contribution in [3.05, 3.63) is 47.4 Å². The third-order valence-corrected chi connectivity index (χ3v) is 3.23. The molecule has 2 aromatic rings. The van der Waals surface area contributed by atoms with Crippen molar-refractivity contribution >= 4 is 11.5 Å². The highest BCUT2D eigenvalue weighted by Crippen LogP contribution is 2.13. The zero-order valence-corrected chi connectivity index (χ0v) is 12.6. The van der Waals surface area contributed by atoms with Gasteiger partial charge in [-0.15, -0.1) is 0 Å². The van der Waals surface area contributed by atoms with Gasteiger partial charge in [-0.1, -0.05) is 12.1 Å². The fourth-order valence-electron chi connectivity index (χ4n) is 1.99. The first-order chi connectivity index (χ1) is 9.56. The summed E-state index contributed by atoms with van der Waals surface area (Å²) in [6, 6.07) is 8.64. The fraction of sp³-hybridized carbons (Fsp3) is 0.375. The van der Waals surface area contributed by atoms with Crippen LogP contribution in [0.5, 0.6) is 0 Å². The lowest BCUT2D eigenvalue weighted by Gasteiger charge is -2.13. The van der Waals surface area contributed by atoms with Gasteiger partial charge in [-0.3, -0.25) is 4.98 Å². The lowest BCUT2D eigenvalue weighted by Crippen LogP contribution is -2.10. The Balaban J connectivity index is 1.91. The molecule has 4 nitrogen and oxygen atoms in total. The van der Waals surface area contributed by atoms with Crippen LogP contribution in [-0.2, 0) is 6.42 Å². The number of hydrogen-bond acceptors (Lipinski definition) is 4. The van der Waals surface area contributed by atoms with Gasteiger partial charge < -0.3 is 10.2 Å². The summed E-state index contributed by atoms with van der Waals surface area (Å²) < 4.78 is 0. The van der Waals surface area contributed by atoms with Gasteiger partial charge in [-0.2, -0.15) is 0 Å². The molecule has 0 unspecified atom stereocenters. The molecule has 4 heteroatoms. The molecule has 0 saturated heterocycles. The first-order valence-corrected chi connectivity index (χ1v) is 6.86.